The lowest BCUT2D eigenvalue weighted by atomic mass is 10.1. The molecule has 1 aliphatic heterocycles. The minimum atomic E-state index is -3.18. The molecule has 2 aromatic rings. The summed E-state index contributed by atoms with van der Waals surface area (Å²) >= 11 is 0. The second-order valence-electron chi connectivity index (χ2n) is 5.15. The van der Waals surface area contributed by atoms with E-state index in [1.54, 1.807) is 24.3 Å². The van der Waals surface area contributed by atoms with E-state index in [1.165, 1.54) is 6.07 Å². The molecule has 140 valence electrons. The summed E-state index contributed by atoms with van der Waals surface area (Å²) in [6, 6.07) is 10.0. The lowest BCUT2D eigenvalue weighted by molar-refractivity contribution is -0.110. The molecule has 2 aromatic carbocycles. The molecule has 0 unspecified atom stereocenters. The molecule has 1 N–H and O–H groups in total. The highest BCUT2D eigenvalue weighted by Gasteiger charge is 2.25. The zero-order valence-corrected chi connectivity index (χ0v) is 13.4. The first-order valence-electron chi connectivity index (χ1n) is 7.49. The summed E-state index contributed by atoms with van der Waals surface area (Å²) in [6.45, 7) is -6.30. The van der Waals surface area contributed by atoms with Gasteiger partial charge >= 0.3 is 13.2 Å². The van der Waals surface area contributed by atoms with E-state index < -0.39 is 24.9 Å². The van der Waals surface area contributed by atoms with Crippen molar-refractivity contribution in [1.82, 2.24) is 0 Å². The number of nitrogens with one attached hydrogen (secondary N) is 1. The van der Waals surface area contributed by atoms with Crippen molar-refractivity contribution in [3.8, 4) is 11.5 Å². The van der Waals surface area contributed by atoms with Gasteiger partial charge in [-0.25, -0.2) is 0 Å². The number of hydrogen-bond donors (Lipinski definition) is 1. The number of fused-ring (bicyclic) bond motifs is 1. The second-order valence-corrected chi connectivity index (χ2v) is 5.15. The van der Waals surface area contributed by atoms with E-state index in [-0.39, 0.29) is 17.0 Å². The van der Waals surface area contributed by atoms with Crippen LogP contribution in [0.25, 0.3) is 0 Å². The maximum absolute atomic E-state index is 12.5. The number of ether oxygens (including phenoxy) is 2. The number of carbonyl (C=O) groups excluding carboxylic acids is 1. The highest BCUT2D eigenvalue weighted by atomic mass is 19.3. The third-order valence-electron chi connectivity index (χ3n) is 3.43. The minimum absolute atomic E-state index is 0.0351. The van der Waals surface area contributed by atoms with E-state index in [0.29, 0.717) is 11.3 Å². The van der Waals surface area contributed by atoms with Crippen molar-refractivity contribution in [2.24, 2.45) is 10.2 Å². The normalized spacial score (nSPS) is 14.9. The molecule has 0 aliphatic carbocycles. The Kier molecular flexibility index (Phi) is 5.34. The summed E-state index contributed by atoms with van der Waals surface area (Å²) in [6.07, 6.45) is 1.06. The lowest BCUT2D eigenvalue weighted by Crippen LogP contribution is -2.13. The fourth-order valence-corrected chi connectivity index (χ4v) is 2.35. The van der Waals surface area contributed by atoms with E-state index in [9.17, 15) is 22.4 Å². The van der Waals surface area contributed by atoms with Crippen LogP contribution in [0.15, 0.2) is 52.7 Å². The zero-order chi connectivity index (χ0) is 19.4. The van der Waals surface area contributed by atoms with Gasteiger partial charge in [-0.15, -0.1) is 5.10 Å². The molecule has 1 heterocycles. The molecule has 6 nitrogen and oxygen atoms in total. The van der Waals surface area contributed by atoms with E-state index in [2.05, 4.69) is 25.0 Å². The molecule has 0 saturated carbocycles. The average Bonchev–Trinajstić information content (AvgIpc) is 2.91. The molecule has 3 rings (SSSR count). The SMILES string of the molecule is O=C1Nc2ccccc2/C1=N/N=Cc1ccc(OC(F)F)cc1OC(F)F. The summed E-state index contributed by atoms with van der Waals surface area (Å²) in [7, 11) is 0. The number of carbonyl (C=O) groups is 1. The molecule has 0 saturated heterocycles. The number of alkyl halides is 4. The predicted molar refractivity (Wildman–Crippen MR) is 88.9 cm³/mol. The fourth-order valence-electron chi connectivity index (χ4n) is 2.35. The molecule has 0 aromatic heterocycles. The molecule has 0 spiro atoms. The Hall–Kier alpha value is -3.43. The van der Waals surface area contributed by atoms with E-state index in [4.69, 9.17) is 0 Å². The van der Waals surface area contributed by atoms with Gasteiger partial charge in [-0.05, 0) is 18.2 Å². The fraction of sp³-hybridized carbons (Fsp3) is 0.118. The van der Waals surface area contributed by atoms with Gasteiger partial charge < -0.3 is 14.8 Å². The number of para-hydroxylation sites is 1. The number of nitrogens with zero attached hydrogens (tertiary/aromatic N) is 2. The molecular formula is C17H11F4N3O3. The zero-order valence-electron chi connectivity index (χ0n) is 13.4. The number of rotatable bonds is 6. The molecule has 27 heavy (non-hydrogen) atoms. The first-order chi connectivity index (χ1) is 12.9. The molecule has 0 fully saturated rings. The van der Waals surface area contributed by atoms with Crippen LogP contribution in [0.5, 0.6) is 11.5 Å². The van der Waals surface area contributed by atoms with Gasteiger partial charge in [-0.1, -0.05) is 18.2 Å². The van der Waals surface area contributed by atoms with Gasteiger partial charge in [0.2, 0.25) is 0 Å². The highest BCUT2D eigenvalue weighted by Crippen LogP contribution is 2.27. The largest absolute Gasteiger partial charge is 0.435 e. The van der Waals surface area contributed by atoms with Crippen molar-refractivity contribution in [3.05, 3.63) is 53.6 Å². The third-order valence-corrected chi connectivity index (χ3v) is 3.43. The Labute approximate surface area is 150 Å². The first kappa shape index (κ1) is 18.4. The van der Waals surface area contributed by atoms with Crippen molar-refractivity contribution in [3.63, 3.8) is 0 Å². The summed E-state index contributed by atoms with van der Waals surface area (Å²) in [5.74, 6) is -1.24. The van der Waals surface area contributed by atoms with Crippen LogP contribution in [0.4, 0.5) is 23.2 Å². The maximum atomic E-state index is 12.5. The van der Waals surface area contributed by atoms with E-state index >= 15 is 0 Å². The van der Waals surface area contributed by atoms with Crippen LogP contribution in [0.3, 0.4) is 0 Å². The lowest BCUT2D eigenvalue weighted by Gasteiger charge is -2.10. The Morgan fingerprint density at radius 3 is 2.48 bits per heavy atom. The van der Waals surface area contributed by atoms with Crippen molar-refractivity contribution >= 4 is 23.5 Å². The number of amides is 1. The van der Waals surface area contributed by atoms with Crippen LogP contribution in [0.1, 0.15) is 11.1 Å². The van der Waals surface area contributed by atoms with Crippen LogP contribution in [-0.4, -0.2) is 31.1 Å². The van der Waals surface area contributed by atoms with Gasteiger partial charge in [-0.3, -0.25) is 4.79 Å². The van der Waals surface area contributed by atoms with Crippen LogP contribution in [-0.2, 0) is 4.79 Å². The van der Waals surface area contributed by atoms with Crippen molar-refractivity contribution in [2.45, 2.75) is 13.2 Å². The smallest absolute Gasteiger partial charge is 0.387 e. The Morgan fingerprint density at radius 2 is 1.74 bits per heavy atom. The van der Waals surface area contributed by atoms with E-state index in [1.807, 2.05) is 0 Å². The van der Waals surface area contributed by atoms with Gasteiger partial charge in [0.1, 0.15) is 11.5 Å². The average molecular weight is 381 g/mol. The number of benzene rings is 2. The second kappa shape index (κ2) is 7.85. The molecule has 10 heteroatoms. The molecular weight excluding hydrogens is 370 g/mol. The summed E-state index contributed by atoms with van der Waals surface area (Å²) in [5.41, 5.74) is 1.21. The van der Waals surface area contributed by atoms with Crippen molar-refractivity contribution in [2.75, 3.05) is 5.32 Å². The number of anilines is 1. The summed E-state index contributed by atoms with van der Waals surface area (Å²) in [4.78, 5) is 11.9. The standard InChI is InChI=1S/C17H11F4N3O3/c18-16(19)26-10-6-5-9(13(7-10)27-17(20)21)8-22-24-14-11-3-1-2-4-12(11)23-15(14)25/h1-8,16-17H,(H,23,24,25). The topological polar surface area (TPSA) is 72.3 Å². The third kappa shape index (κ3) is 4.40. The Balaban J connectivity index is 1.87. The van der Waals surface area contributed by atoms with Gasteiger partial charge in [0.05, 0.1) is 11.9 Å². The first-order valence-corrected chi connectivity index (χ1v) is 7.49. The monoisotopic (exact) mass is 381 g/mol. The van der Waals surface area contributed by atoms with Crippen LogP contribution in [0.2, 0.25) is 0 Å². The Bertz CT molecular complexity index is 916. The molecule has 1 amide bonds. The Morgan fingerprint density at radius 1 is 1.00 bits per heavy atom. The summed E-state index contributed by atoms with van der Waals surface area (Å²) < 4.78 is 58.0. The van der Waals surface area contributed by atoms with Gasteiger partial charge in [0.15, 0.2) is 5.71 Å². The van der Waals surface area contributed by atoms with Crippen molar-refractivity contribution in [1.29, 1.82) is 0 Å². The van der Waals surface area contributed by atoms with Crippen LogP contribution >= 0.6 is 0 Å². The quantitative estimate of drug-likeness (QED) is 0.472. The molecule has 0 bridgehead atoms. The number of hydrogen-bond acceptors (Lipinski definition) is 5. The molecule has 0 atom stereocenters. The maximum Gasteiger partial charge on any atom is 0.387 e. The van der Waals surface area contributed by atoms with Crippen molar-refractivity contribution < 1.29 is 31.8 Å². The molecule has 0 radical (unpaired) electrons. The highest BCUT2D eigenvalue weighted by molar-refractivity contribution is 6.53. The van der Waals surface area contributed by atoms with E-state index in [0.717, 1.165) is 18.3 Å². The van der Waals surface area contributed by atoms with Crippen LogP contribution in [0, 0.1) is 0 Å². The van der Waals surface area contributed by atoms with Gasteiger partial charge in [0.25, 0.3) is 5.91 Å². The van der Waals surface area contributed by atoms with Gasteiger partial charge in [-0.2, -0.15) is 22.7 Å². The van der Waals surface area contributed by atoms with Gasteiger partial charge in [0, 0.05) is 17.2 Å². The minimum Gasteiger partial charge on any atom is -0.435 e. The number of halogens is 4. The molecule has 1 aliphatic rings. The predicted octanol–water partition coefficient (Wildman–Crippen LogP) is 3.66. The summed E-state index contributed by atoms with van der Waals surface area (Å²) in [5, 5.41) is 10.1. The van der Waals surface area contributed by atoms with Crippen LogP contribution < -0.4 is 14.8 Å².